The molecule has 1 aliphatic rings. The number of hydrogen-bond donors (Lipinski definition) is 0. The van der Waals surface area contributed by atoms with Crippen molar-refractivity contribution in [2.24, 2.45) is 0 Å². The lowest BCUT2D eigenvalue weighted by Crippen LogP contribution is -1.69. The standard InChI is InChI=1S/C6S2/c7-8-5-3-1-2-4-6-8. The molecule has 0 N–H and O–H groups in total. The zero-order valence-corrected chi connectivity index (χ0v) is 5.45. The van der Waals surface area contributed by atoms with Crippen LogP contribution >= 0.6 is 0 Å². The van der Waals surface area contributed by atoms with Gasteiger partial charge in [-0.25, -0.2) is 0 Å². The van der Waals surface area contributed by atoms with Crippen LogP contribution in [0.5, 0.6) is 0 Å². The largest absolute Gasteiger partial charge is 0.0325 e. The predicted octanol–water partition coefficient (Wildman–Crippen LogP) is 0.00540. The van der Waals surface area contributed by atoms with Crippen LogP contribution in [0.25, 0.3) is 0 Å². The predicted molar refractivity (Wildman–Crippen MR) is 38.1 cm³/mol. The lowest BCUT2D eigenvalue weighted by molar-refractivity contribution is 2.47. The highest BCUT2D eigenvalue weighted by atomic mass is 32.8. The van der Waals surface area contributed by atoms with Gasteiger partial charge in [0, 0.05) is 9.45 Å². The molecule has 0 saturated heterocycles. The minimum absolute atomic E-state index is 0.471. The summed E-state index contributed by atoms with van der Waals surface area (Å²) in [7, 11) is -0.471. The quantitative estimate of drug-likeness (QED) is 0.423. The van der Waals surface area contributed by atoms with Gasteiger partial charge in [-0.2, -0.15) is 0 Å². The molecule has 0 unspecified atom stereocenters. The molecule has 0 aromatic rings. The smallest absolute Gasteiger partial charge is 0.0243 e. The van der Waals surface area contributed by atoms with Crippen molar-refractivity contribution in [2.75, 3.05) is 0 Å². The number of hydrogen-bond acceptors (Lipinski definition) is 1. The fourth-order valence-electron chi connectivity index (χ4n) is 0.232. The molecule has 0 aromatic heterocycles. The van der Waals surface area contributed by atoms with E-state index in [1.807, 2.05) is 0 Å². The van der Waals surface area contributed by atoms with Gasteiger partial charge < -0.3 is 0 Å². The van der Waals surface area contributed by atoms with Crippen LogP contribution < -0.4 is 0 Å². The molecule has 2 heteroatoms. The molecule has 0 atom stereocenters. The Morgan fingerprint density at radius 2 is 1.38 bits per heavy atom. The van der Waals surface area contributed by atoms with Gasteiger partial charge in [-0.3, -0.25) is 0 Å². The summed E-state index contributed by atoms with van der Waals surface area (Å²) in [5.74, 6) is 10.2. The summed E-state index contributed by atoms with van der Waals surface area (Å²) in [5.41, 5.74) is 0. The third kappa shape index (κ3) is 1.39. The van der Waals surface area contributed by atoms with Gasteiger partial charge in [0.1, 0.15) is 0 Å². The molecule has 0 fully saturated rings. The first-order valence-electron chi connectivity index (χ1n) is 1.82. The van der Waals surface area contributed by atoms with E-state index in [-0.39, 0.29) is 0 Å². The maximum absolute atomic E-state index is 4.78. The summed E-state index contributed by atoms with van der Waals surface area (Å²) in [6.07, 6.45) is 0. The van der Waals surface area contributed by atoms with Crippen molar-refractivity contribution in [3.05, 3.63) is 0 Å². The molecule has 0 aromatic carbocycles. The normalized spacial score (nSPS) is 13.0. The Morgan fingerprint density at radius 1 is 0.875 bits per heavy atom. The van der Waals surface area contributed by atoms with Gasteiger partial charge in [-0.05, 0) is 45.4 Å². The Morgan fingerprint density at radius 3 is 1.88 bits per heavy atom. The fraction of sp³-hybridized carbons (Fsp3) is 0. The maximum atomic E-state index is 4.78. The monoisotopic (exact) mass is 136 g/mol. The first-order chi connectivity index (χ1) is 3.89. The highest BCUT2D eigenvalue weighted by Gasteiger charge is 1.76. The zero-order chi connectivity index (χ0) is 5.82. The summed E-state index contributed by atoms with van der Waals surface area (Å²) >= 11 is 4.78. The van der Waals surface area contributed by atoms with E-state index in [9.17, 15) is 0 Å². The van der Waals surface area contributed by atoms with Crippen molar-refractivity contribution in [3.63, 3.8) is 0 Å². The molecule has 0 bridgehead atoms. The Balaban J connectivity index is 3.05. The molecule has 0 nitrogen and oxygen atoms in total. The van der Waals surface area contributed by atoms with Crippen molar-refractivity contribution in [1.29, 1.82) is 0 Å². The average molecular weight is 136 g/mol. The molecule has 0 saturated carbocycles. The summed E-state index contributed by atoms with van der Waals surface area (Å²) in [5, 5.41) is 5.38. The molecule has 0 spiro atoms. The van der Waals surface area contributed by atoms with Crippen molar-refractivity contribution in [1.82, 2.24) is 0 Å². The van der Waals surface area contributed by atoms with E-state index in [4.69, 9.17) is 11.2 Å². The second kappa shape index (κ2) is 2.53. The lowest BCUT2D eigenvalue weighted by Gasteiger charge is -1.68. The minimum Gasteiger partial charge on any atom is -0.0243 e. The third-order valence-corrected chi connectivity index (χ3v) is 1.55. The van der Waals surface area contributed by atoms with E-state index in [1.165, 1.54) is 0 Å². The Hall–Kier alpha value is -0.750. The van der Waals surface area contributed by atoms with E-state index >= 15 is 0 Å². The average Bonchev–Trinajstić information content (AvgIpc) is 1.94. The van der Waals surface area contributed by atoms with Crippen LogP contribution in [0, 0.1) is 34.2 Å². The first kappa shape index (κ1) is 5.39. The molecular weight excluding hydrogens is 136 g/mol. The summed E-state index contributed by atoms with van der Waals surface area (Å²) in [4.78, 5) is 0. The van der Waals surface area contributed by atoms with Gasteiger partial charge in [-0.1, -0.05) is 0 Å². The minimum atomic E-state index is -0.471. The van der Waals surface area contributed by atoms with Crippen LogP contribution in [-0.2, 0) is 20.6 Å². The van der Waals surface area contributed by atoms with Crippen molar-refractivity contribution >= 4 is 20.6 Å². The topological polar surface area (TPSA) is 0 Å². The first-order valence-corrected chi connectivity index (χ1v) is 3.97. The van der Waals surface area contributed by atoms with Crippen LogP contribution in [0.3, 0.4) is 0 Å². The fourth-order valence-corrected chi connectivity index (χ4v) is 0.820. The lowest BCUT2D eigenvalue weighted by atomic mass is 10.6. The van der Waals surface area contributed by atoms with Gasteiger partial charge in [-0.15, -0.1) is 0 Å². The van der Waals surface area contributed by atoms with Gasteiger partial charge in [0.05, 0.1) is 0 Å². The highest BCUT2D eigenvalue weighted by molar-refractivity contribution is 8.34. The molecule has 1 aliphatic heterocycles. The summed E-state index contributed by atoms with van der Waals surface area (Å²) in [6.45, 7) is 0. The van der Waals surface area contributed by atoms with Crippen LogP contribution in [0.1, 0.15) is 0 Å². The second-order valence-corrected chi connectivity index (χ2v) is 2.92. The highest BCUT2D eigenvalue weighted by Crippen LogP contribution is 1.75. The van der Waals surface area contributed by atoms with E-state index < -0.39 is 9.45 Å². The number of rotatable bonds is 0. The molecule has 0 amide bonds. The van der Waals surface area contributed by atoms with E-state index in [0.29, 0.717) is 0 Å². The second-order valence-electron chi connectivity index (χ2n) is 0.973. The van der Waals surface area contributed by atoms with Crippen molar-refractivity contribution < 1.29 is 0 Å². The molecular formula is C6S2. The Kier molecular flexibility index (Phi) is 1.70. The van der Waals surface area contributed by atoms with Crippen molar-refractivity contribution in [2.45, 2.75) is 0 Å². The van der Waals surface area contributed by atoms with Crippen LogP contribution in [0.2, 0.25) is 0 Å². The summed E-state index contributed by atoms with van der Waals surface area (Å²) in [6, 6.07) is 0. The van der Waals surface area contributed by atoms with Gasteiger partial charge >= 0.3 is 0 Å². The Labute approximate surface area is 55.3 Å². The van der Waals surface area contributed by atoms with Gasteiger partial charge in [0.15, 0.2) is 0 Å². The molecule has 1 rings (SSSR count). The van der Waals surface area contributed by atoms with E-state index in [1.54, 1.807) is 0 Å². The SMILES string of the molecule is S=S1C#CC#CC#C1. The maximum Gasteiger partial charge on any atom is 0.0325 e. The molecule has 0 radical (unpaired) electrons. The van der Waals surface area contributed by atoms with E-state index in [2.05, 4.69) is 34.2 Å². The van der Waals surface area contributed by atoms with E-state index in [0.717, 1.165) is 0 Å². The van der Waals surface area contributed by atoms with Gasteiger partial charge in [0.2, 0.25) is 0 Å². The van der Waals surface area contributed by atoms with Crippen LogP contribution in [0.15, 0.2) is 0 Å². The van der Waals surface area contributed by atoms with Crippen LogP contribution in [0.4, 0.5) is 0 Å². The van der Waals surface area contributed by atoms with Crippen molar-refractivity contribution in [3.8, 4) is 34.2 Å². The molecule has 1 heterocycles. The zero-order valence-electron chi connectivity index (χ0n) is 3.82. The Bertz CT molecular complexity index is 265. The molecule has 36 valence electrons. The van der Waals surface area contributed by atoms with Gasteiger partial charge in [0.25, 0.3) is 0 Å². The third-order valence-electron chi connectivity index (χ3n) is 0.475. The molecule has 8 heavy (non-hydrogen) atoms. The molecule has 0 aliphatic carbocycles. The summed E-state index contributed by atoms with van der Waals surface area (Å²) < 4.78 is 0. The van der Waals surface area contributed by atoms with Crippen LogP contribution in [-0.4, -0.2) is 0 Å².